The number of aromatic nitrogens is 1. The van der Waals surface area contributed by atoms with Crippen LogP contribution in [0.15, 0.2) is 24.4 Å². The summed E-state index contributed by atoms with van der Waals surface area (Å²) < 4.78 is 5.92. The molecule has 1 aromatic rings. The number of morpholine rings is 1. The van der Waals surface area contributed by atoms with Gasteiger partial charge in [0, 0.05) is 25.3 Å². The number of ether oxygens (including phenoxy) is 1. The lowest BCUT2D eigenvalue weighted by atomic mass is 10.0. The predicted octanol–water partition coefficient (Wildman–Crippen LogP) is 1.45. The highest BCUT2D eigenvalue weighted by Crippen LogP contribution is 2.26. The number of nitrogens with one attached hydrogen (secondary N) is 1. The maximum Gasteiger partial charge on any atom is 0.0911 e. The van der Waals surface area contributed by atoms with Crippen molar-refractivity contribution in [3.8, 4) is 0 Å². The van der Waals surface area contributed by atoms with E-state index >= 15 is 0 Å². The van der Waals surface area contributed by atoms with Gasteiger partial charge in [-0.15, -0.1) is 0 Å². The molecule has 0 aliphatic carbocycles. The first kappa shape index (κ1) is 13.5. The van der Waals surface area contributed by atoms with Gasteiger partial charge >= 0.3 is 0 Å². The molecule has 4 nitrogen and oxygen atoms in total. The summed E-state index contributed by atoms with van der Waals surface area (Å²) in [5.74, 6) is 0. The molecule has 1 N–H and O–H groups in total. The molecule has 0 bridgehead atoms. The van der Waals surface area contributed by atoms with Crippen molar-refractivity contribution in [3.63, 3.8) is 0 Å². The van der Waals surface area contributed by atoms with Crippen molar-refractivity contribution in [1.82, 2.24) is 15.2 Å². The number of pyridine rings is 1. The third kappa shape index (κ3) is 3.28. The molecule has 1 aliphatic heterocycles. The van der Waals surface area contributed by atoms with Crippen molar-refractivity contribution in [2.45, 2.75) is 32.0 Å². The normalized spacial score (nSPS) is 25.6. The highest BCUT2D eigenvalue weighted by Gasteiger charge is 2.32. The zero-order chi connectivity index (χ0) is 13.0. The van der Waals surface area contributed by atoms with Gasteiger partial charge in [0.05, 0.1) is 24.4 Å². The number of hydrogen-bond acceptors (Lipinski definition) is 4. The van der Waals surface area contributed by atoms with Crippen molar-refractivity contribution in [2.24, 2.45) is 0 Å². The fourth-order valence-electron chi connectivity index (χ4n) is 2.35. The lowest BCUT2D eigenvalue weighted by molar-refractivity contribution is -0.0633. The Morgan fingerprint density at radius 2 is 2.33 bits per heavy atom. The molecule has 0 amide bonds. The summed E-state index contributed by atoms with van der Waals surface area (Å²) >= 11 is 0. The van der Waals surface area contributed by atoms with E-state index in [4.69, 9.17) is 4.74 Å². The largest absolute Gasteiger partial charge is 0.374 e. The Hall–Kier alpha value is -0.970. The monoisotopic (exact) mass is 249 g/mol. The van der Waals surface area contributed by atoms with E-state index in [2.05, 4.69) is 42.2 Å². The smallest absolute Gasteiger partial charge is 0.0911 e. The Balaban J connectivity index is 2.10. The van der Waals surface area contributed by atoms with Crippen LogP contribution < -0.4 is 5.32 Å². The summed E-state index contributed by atoms with van der Waals surface area (Å²) in [4.78, 5) is 6.81. The van der Waals surface area contributed by atoms with Crippen molar-refractivity contribution in [3.05, 3.63) is 30.1 Å². The Morgan fingerprint density at radius 1 is 1.50 bits per heavy atom. The Bertz CT molecular complexity index is 355. The van der Waals surface area contributed by atoms with Crippen LogP contribution in [0, 0.1) is 0 Å². The number of nitrogens with zero attached hydrogens (tertiary/aromatic N) is 2. The lowest BCUT2D eigenvalue weighted by Gasteiger charge is -2.39. The van der Waals surface area contributed by atoms with Crippen LogP contribution >= 0.6 is 0 Å². The van der Waals surface area contributed by atoms with Gasteiger partial charge < -0.3 is 10.1 Å². The molecule has 4 heteroatoms. The summed E-state index contributed by atoms with van der Waals surface area (Å²) in [7, 11) is 2.14. The number of hydrogen-bond donors (Lipinski definition) is 1. The summed E-state index contributed by atoms with van der Waals surface area (Å²) in [6.45, 7) is 6.93. The molecule has 18 heavy (non-hydrogen) atoms. The third-order valence-corrected chi connectivity index (χ3v) is 3.32. The molecular weight excluding hydrogens is 226 g/mol. The molecule has 1 aromatic heterocycles. The van der Waals surface area contributed by atoms with Gasteiger partial charge in [0.15, 0.2) is 0 Å². The second-order valence-electron chi connectivity index (χ2n) is 5.15. The fourth-order valence-corrected chi connectivity index (χ4v) is 2.35. The van der Waals surface area contributed by atoms with E-state index in [1.54, 1.807) is 0 Å². The molecule has 0 aromatic carbocycles. The van der Waals surface area contributed by atoms with Crippen molar-refractivity contribution < 1.29 is 4.74 Å². The SMILES string of the molecule is CC(C)NCC1OCCN(C)C1c1ccccn1. The van der Waals surface area contributed by atoms with Crippen molar-refractivity contribution >= 4 is 0 Å². The zero-order valence-corrected chi connectivity index (χ0v) is 11.5. The lowest BCUT2D eigenvalue weighted by Crippen LogP contribution is -2.48. The van der Waals surface area contributed by atoms with Crippen LogP contribution in [0.5, 0.6) is 0 Å². The molecule has 100 valence electrons. The van der Waals surface area contributed by atoms with Crippen LogP contribution in [0.4, 0.5) is 0 Å². The van der Waals surface area contributed by atoms with E-state index < -0.39 is 0 Å². The first-order valence-electron chi connectivity index (χ1n) is 6.64. The minimum absolute atomic E-state index is 0.168. The Morgan fingerprint density at radius 3 is 3.00 bits per heavy atom. The Kier molecular flexibility index (Phi) is 4.69. The van der Waals surface area contributed by atoms with Gasteiger partial charge in [0.1, 0.15) is 0 Å². The minimum Gasteiger partial charge on any atom is -0.374 e. The molecule has 2 atom stereocenters. The van der Waals surface area contributed by atoms with Crippen LogP contribution in [0.3, 0.4) is 0 Å². The summed E-state index contributed by atoms with van der Waals surface area (Å²) in [6.07, 6.45) is 2.02. The van der Waals surface area contributed by atoms with Crippen LogP contribution in [-0.2, 0) is 4.74 Å². The van der Waals surface area contributed by atoms with Gasteiger partial charge in [-0.25, -0.2) is 0 Å². The average Bonchev–Trinajstić information content (AvgIpc) is 2.37. The van der Waals surface area contributed by atoms with E-state index in [9.17, 15) is 0 Å². The highest BCUT2D eigenvalue weighted by atomic mass is 16.5. The van der Waals surface area contributed by atoms with E-state index in [1.165, 1.54) is 0 Å². The van der Waals surface area contributed by atoms with Gasteiger partial charge in [0.2, 0.25) is 0 Å². The van der Waals surface area contributed by atoms with Crippen molar-refractivity contribution in [2.75, 3.05) is 26.7 Å². The molecule has 2 heterocycles. The summed E-state index contributed by atoms with van der Waals surface area (Å²) in [6, 6.07) is 6.79. The van der Waals surface area contributed by atoms with Gasteiger partial charge in [0.25, 0.3) is 0 Å². The second-order valence-corrected chi connectivity index (χ2v) is 5.15. The van der Waals surface area contributed by atoms with Gasteiger partial charge in [-0.2, -0.15) is 0 Å². The quantitative estimate of drug-likeness (QED) is 0.876. The highest BCUT2D eigenvalue weighted by molar-refractivity contribution is 5.11. The first-order valence-corrected chi connectivity index (χ1v) is 6.64. The molecular formula is C14H23N3O. The van der Waals surface area contributed by atoms with Gasteiger partial charge in [-0.05, 0) is 19.2 Å². The molecule has 2 unspecified atom stereocenters. The van der Waals surface area contributed by atoms with Crippen LogP contribution in [-0.4, -0.2) is 48.8 Å². The first-order chi connectivity index (χ1) is 8.68. The molecule has 0 spiro atoms. The standard InChI is InChI=1S/C14H23N3O/c1-11(2)16-10-13-14(17(3)8-9-18-13)12-6-4-5-7-15-12/h4-7,11,13-14,16H,8-10H2,1-3H3. The zero-order valence-electron chi connectivity index (χ0n) is 11.5. The molecule has 1 fully saturated rings. The summed E-state index contributed by atoms with van der Waals surface area (Å²) in [5.41, 5.74) is 1.09. The number of rotatable bonds is 4. The minimum atomic E-state index is 0.168. The molecule has 1 aliphatic rings. The van der Waals surface area contributed by atoms with E-state index in [0.717, 1.165) is 25.4 Å². The topological polar surface area (TPSA) is 37.4 Å². The van der Waals surface area contributed by atoms with E-state index in [1.807, 2.05) is 18.3 Å². The van der Waals surface area contributed by atoms with Crippen LogP contribution in [0.1, 0.15) is 25.6 Å². The summed E-state index contributed by atoms with van der Waals surface area (Å²) in [5, 5.41) is 3.46. The van der Waals surface area contributed by atoms with Gasteiger partial charge in [-0.3, -0.25) is 9.88 Å². The third-order valence-electron chi connectivity index (χ3n) is 3.32. The molecule has 0 radical (unpaired) electrons. The van der Waals surface area contributed by atoms with Gasteiger partial charge in [-0.1, -0.05) is 19.9 Å². The predicted molar refractivity (Wildman–Crippen MR) is 72.5 cm³/mol. The van der Waals surface area contributed by atoms with E-state index in [0.29, 0.717) is 6.04 Å². The van der Waals surface area contributed by atoms with Crippen LogP contribution in [0.2, 0.25) is 0 Å². The molecule has 1 saturated heterocycles. The second kappa shape index (κ2) is 6.27. The molecule has 0 saturated carbocycles. The average molecular weight is 249 g/mol. The molecule has 2 rings (SSSR count). The van der Waals surface area contributed by atoms with E-state index in [-0.39, 0.29) is 12.1 Å². The maximum atomic E-state index is 5.92. The Labute approximate surface area is 109 Å². The maximum absolute atomic E-state index is 5.92. The fraction of sp³-hybridized carbons (Fsp3) is 0.643. The number of likely N-dealkylation sites (N-methyl/N-ethyl adjacent to an activating group) is 1. The van der Waals surface area contributed by atoms with Crippen LogP contribution in [0.25, 0.3) is 0 Å². The van der Waals surface area contributed by atoms with Crippen molar-refractivity contribution in [1.29, 1.82) is 0 Å².